The fourth-order valence-electron chi connectivity index (χ4n) is 1.17. The van der Waals surface area contributed by atoms with E-state index in [-0.39, 0.29) is 16.9 Å². The van der Waals surface area contributed by atoms with Crippen molar-refractivity contribution in [3.8, 4) is 0 Å². The molecule has 1 rings (SSSR count). The lowest BCUT2D eigenvalue weighted by atomic mass is 10.0. The minimum absolute atomic E-state index is 0.0231. The van der Waals surface area contributed by atoms with Gasteiger partial charge in [0.05, 0.1) is 5.56 Å². The first kappa shape index (κ1) is 10.2. The molecule has 0 bridgehead atoms. The summed E-state index contributed by atoms with van der Waals surface area (Å²) >= 11 is 0. The van der Waals surface area contributed by atoms with E-state index in [1.54, 1.807) is 6.07 Å². The van der Waals surface area contributed by atoms with Crippen LogP contribution in [0.3, 0.4) is 0 Å². The smallest absolute Gasteiger partial charge is 0.336 e. The van der Waals surface area contributed by atoms with Gasteiger partial charge in [0.2, 0.25) is 0 Å². The predicted octanol–water partition coefficient (Wildman–Crippen LogP) is 2.23. The van der Waals surface area contributed by atoms with Crippen molar-refractivity contribution in [3.05, 3.63) is 41.5 Å². The predicted molar refractivity (Wildman–Crippen MR) is 53.5 cm³/mol. The van der Waals surface area contributed by atoms with Crippen LogP contribution in [0.5, 0.6) is 0 Å². The molecule has 0 unspecified atom stereocenters. The number of benzene rings is 1. The van der Waals surface area contributed by atoms with Crippen LogP contribution in [0, 0.1) is 0 Å². The maximum absolute atomic E-state index is 11.1. The van der Waals surface area contributed by atoms with Crippen LogP contribution in [-0.4, -0.2) is 16.9 Å². The highest BCUT2D eigenvalue weighted by Gasteiger charge is 2.13. The Bertz CT molecular complexity index is 405. The second-order valence-electron chi connectivity index (χ2n) is 2.87. The number of aromatic carboxylic acids is 1. The van der Waals surface area contributed by atoms with Crippen molar-refractivity contribution in [3.63, 3.8) is 0 Å². The zero-order valence-corrected chi connectivity index (χ0v) is 7.78. The second kappa shape index (κ2) is 3.87. The normalized spacial score (nSPS) is 9.50. The number of Topliss-reactive ketones (excluding diaryl/α,β-unsaturated/α-hetero) is 1. The van der Waals surface area contributed by atoms with Gasteiger partial charge in [-0.05, 0) is 24.6 Å². The molecule has 0 spiro atoms. The van der Waals surface area contributed by atoms with Gasteiger partial charge >= 0.3 is 5.97 Å². The molecule has 0 radical (unpaired) electrons. The van der Waals surface area contributed by atoms with E-state index in [9.17, 15) is 9.59 Å². The van der Waals surface area contributed by atoms with Gasteiger partial charge in [0.1, 0.15) is 0 Å². The summed E-state index contributed by atoms with van der Waals surface area (Å²) in [5.41, 5.74) is 0.936. The first-order chi connectivity index (χ1) is 6.56. The van der Waals surface area contributed by atoms with E-state index in [0.717, 1.165) is 0 Å². The number of hydrogen-bond acceptors (Lipinski definition) is 2. The van der Waals surface area contributed by atoms with Gasteiger partial charge in [0.15, 0.2) is 5.78 Å². The summed E-state index contributed by atoms with van der Waals surface area (Å²) in [5.74, 6) is -1.35. The Balaban J connectivity index is 3.38. The van der Waals surface area contributed by atoms with Crippen molar-refractivity contribution in [2.75, 3.05) is 0 Å². The third kappa shape index (κ3) is 1.88. The summed E-state index contributed by atoms with van der Waals surface area (Å²) < 4.78 is 0. The van der Waals surface area contributed by atoms with Gasteiger partial charge in [-0.25, -0.2) is 4.79 Å². The third-order valence-electron chi connectivity index (χ3n) is 1.89. The Morgan fingerprint density at radius 1 is 1.36 bits per heavy atom. The van der Waals surface area contributed by atoms with Crippen LogP contribution in [0.4, 0.5) is 0 Å². The number of carbonyl (C=O) groups excluding carboxylic acids is 1. The lowest BCUT2D eigenvalue weighted by Crippen LogP contribution is -2.06. The first-order valence-electron chi connectivity index (χ1n) is 4.07. The molecule has 3 nitrogen and oxygen atoms in total. The lowest BCUT2D eigenvalue weighted by Gasteiger charge is -2.03. The van der Waals surface area contributed by atoms with Gasteiger partial charge in [-0.3, -0.25) is 4.79 Å². The molecule has 1 N–H and O–H groups in total. The summed E-state index contributed by atoms with van der Waals surface area (Å²) in [7, 11) is 0. The minimum atomic E-state index is -1.10. The van der Waals surface area contributed by atoms with Crippen molar-refractivity contribution in [2.45, 2.75) is 6.92 Å². The number of ketones is 1. The van der Waals surface area contributed by atoms with Crippen LogP contribution in [0.15, 0.2) is 24.8 Å². The Labute approximate surface area is 81.7 Å². The molecular formula is C11H10O3. The molecule has 0 heterocycles. The maximum Gasteiger partial charge on any atom is 0.336 e. The van der Waals surface area contributed by atoms with Crippen LogP contribution in [0.2, 0.25) is 0 Å². The quantitative estimate of drug-likeness (QED) is 0.743. The summed E-state index contributed by atoms with van der Waals surface area (Å²) in [6.07, 6.45) is 1.54. The molecule has 0 saturated heterocycles. The van der Waals surface area contributed by atoms with Crippen molar-refractivity contribution >= 4 is 17.8 Å². The Morgan fingerprint density at radius 2 is 2.00 bits per heavy atom. The second-order valence-corrected chi connectivity index (χ2v) is 2.87. The zero-order chi connectivity index (χ0) is 10.7. The topological polar surface area (TPSA) is 54.4 Å². The molecule has 1 aromatic carbocycles. The molecule has 14 heavy (non-hydrogen) atoms. The van der Waals surface area contributed by atoms with Crippen molar-refractivity contribution < 1.29 is 14.7 Å². The van der Waals surface area contributed by atoms with Gasteiger partial charge < -0.3 is 5.11 Å². The van der Waals surface area contributed by atoms with Crippen molar-refractivity contribution in [1.29, 1.82) is 0 Å². The highest BCUT2D eigenvalue weighted by molar-refractivity contribution is 6.05. The van der Waals surface area contributed by atoms with E-state index in [2.05, 4.69) is 6.58 Å². The molecular weight excluding hydrogens is 180 g/mol. The Kier molecular flexibility index (Phi) is 2.82. The van der Waals surface area contributed by atoms with Crippen molar-refractivity contribution in [1.82, 2.24) is 0 Å². The Hall–Kier alpha value is -1.90. The molecule has 0 atom stereocenters. The van der Waals surface area contributed by atoms with Gasteiger partial charge in [0.25, 0.3) is 0 Å². The zero-order valence-electron chi connectivity index (χ0n) is 7.78. The van der Waals surface area contributed by atoms with Gasteiger partial charge in [-0.15, -0.1) is 0 Å². The van der Waals surface area contributed by atoms with E-state index in [1.165, 1.54) is 25.1 Å². The molecule has 1 aromatic rings. The molecule has 72 valence electrons. The Morgan fingerprint density at radius 3 is 2.43 bits per heavy atom. The number of carbonyl (C=O) groups is 2. The maximum atomic E-state index is 11.1. The van der Waals surface area contributed by atoms with E-state index < -0.39 is 5.97 Å². The number of hydrogen-bond donors (Lipinski definition) is 1. The van der Waals surface area contributed by atoms with Crippen molar-refractivity contribution in [2.24, 2.45) is 0 Å². The molecule has 3 heteroatoms. The fraction of sp³-hybridized carbons (Fsp3) is 0.0909. The summed E-state index contributed by atoms with van der Waals surface area (Å²) in [4.78, 5) is 21.9. The SMILES string of the molecule is C=Cc1ccc(C(C)=O)c(C(=O)O)c1. The van der Waals surface area contributed by atoms with Gasteiger partial charge in [-0.2, -0.15) is 0 Å². The molecule has 0 fully saturated rings. The fourth-order valence-corrected chi connectivity index (χ4v) is 1.17. The van der Waals surface area contributed by atoms with Crippen LogP contribution in [0.25, 0.3) is 6.08 Å². The molecule has 0 aliphatic heterocycles. The third-order valence-corrected chi connectivity index (χ3v) is 1.89. The summed E-state index contributed by atoms with van der Waals surface area (Å²) in [6.45, 7) is 4.87. The molecule has 0 saturated carbocycles. The average Bonchev–Trinajstić information content (AvgIpc) is 2.16. The summed E-state index contributed by atoms with van der Waals surface area (Å²) in [5, 5.41) is 8.85. The van der Waals surface area contributed by atoms with E-state index in [0.29, 0.717) is 5.56 Å². The number of carboxylic acid groups (broad SMARTS) is 1. The van der Waals surface area contributed by atoms with E-state index in [1.807, 2.05) is 0 Å². The van der Waals surface area contributed by atoms with Crippen LogP contribution < -0.4 is 0 Å². The largest absolute Gasteiger partial charge is 0.478 e. The molecule has 0 amide bonds. The number of carboxylic acids is 1. The highest BCUT2D eigenvalue weighted by atomic mass is 16.4. The van der Waals surface area contributed by atoms with E-state index in [4.69, 9.17) is 5.11 Å². The monoisotopic (exact) mass is 190 g/mol. The van der Waals surface area contributed by atoms with Crippen LogP contribution in [-0.2, 0) is 0 Å². The molecule has 0 aliphatic carbocycles. The highest BCUT2D eigenvalue weighted by Crippen LogP contribution is 2.13. The van der Waals surface area contributed by atoms with E-state index >= 15 is 0 Å². The molecule has 0 aliphatic rings. The van der Waals surface area contributed by atoms with Gasteiger partial charge in [0, 0.05) is 5.56 Å². The minimum Gasteiger partial charge on any atom is -0.478 e. The summed E-state index contributed by atoms with van der Waals surface area (Å²) in [6, 6.07) is 4.60. The lowest BCUT2D eigenvalue weighted by molar-refractivity contribution is 0.0692. The van der Waals surface area contributed by atoms with Crippen LogP contribution in [0.1, 0.15) is 33.2 Å². The first-order valence-corrected chi connectivity index (χ1v) is 4.07. The molecule has 0 aromatic heterocycles. The average molecular weight is 190 g/mol. The van der Waals surface area contributed by atoms with Crippen LogP contribution >= 0.6 is 0 Å². The van der Waals surface area contributed by atoms with Gasteiger partial charge in [-0.1, -0.05) is 18.7 Å². The number of rotatable bonds is 3. The standard InChI is InChI=1S/C11H10O3/c1-3-8-4-5-9(7(2)12)10(6-8)11(13)14/h3-6H,1H2,2H3,(H,13,14).